The highest BCUT2D eigenvalue weighted by Gasteiger charge is 2.17. The largest absolute Gasteiger partial charge is 0.280 e. The summed E-state index contributed by atoms with van der Waals surface area (Å²) >= 11 is 5.58. The smallest absolute Gasteiger partial charge is 0.263 e. The van der Waals surface area contributed by atoms with Crippen LogP contribution in [0.5, 0.6) is 0 Å². The summed E-state index contributed by atoms with van der Waals surface area (Å²) in [6.07, 6.45) is 1.69. The van der Waals surface area contributed by atoms with Crippen molar-refractivity contribution in [3.8, 4) is 0 Å². The number of aryl methyl sites for hydroxylation is 1. The highest BCUT2D eigenvalue weighted by Crippen LogP contribution is 2.21. The summed E-state index contributed by atoms with van der Waals surface area (Å²) in [5.41, 5.74) is 0.835. The monoisotopic (exact) mass is 317 g/mol. The van der Waals surface area contributed by atoms with Crippen LogP contribution >= 0.6 is 11.6 Å². The van der Waals surface area contributed by atoms with Crippen LogP contribution in [0.15, 0.2) is 29.2 Å². The van der Waals surface area contributed by atoms with Crippen molar-refractivity contribution < 1.29 is 12.8 Å². The van der Waals surface area contributed by atoms with Gasteiger partial charge in [-0.3, -0.25) is 9.82 Å². The summed E-state index contributed by atoms with van der Waals surface area (Å²) < 4.78 is 39.5. The number of aromatic amines is 1. The second kappa shape index (κ2) is 5.80. The van der Waals surface area contributed by atoms with Crippen LogP contribution < -0.4 is 4.72 Å². The Labute approximate surface area is 121 Å². The van der Waals surface area contributed by atoms with E-state index in [0.29, 0.717) is 0 Å². The molecular formula is C12H13ClFN3O2S. The molecular weight excluding hydrogens is 305 g/mol. The lowest BCUT2D eigenvalue weighted by atomic mass is 10.2. The van der Waals surface area contributed by atoms with Gasteiger partial charge in [-0.2, -0.15) is 5.10 Å². The van der Waals surface area contributed by atoms with Crippen LogP contribution in [-0.2, 0) is 16.4 Å². The van der Waals surface area contributed by atoms with Crippen LogP contribution in [0.25, 0.3) is 0 Å². The van der Waals surface area contributed by atoms with E-state index in [2.05, 4.69) is 14.9 Å². The molecule has 0 saturated carbocycles. The molecule has 0 aliphatic carbocycles. The molecule has 20 heavy (non-hydrogen) atoms. The maximum absolute atomic E-state index is 13.0. The first kappa shape index (κ1) is 14.8. The van der Waals surface area contributed by atoms with Gasteiger partial charge in [-0.1, -0.05) is 24.9 Å². The average molecular weight is 318 g/mol. The number of H-pyrrole nitrogens is 1. The Morgan fingerprint density at radius 2 is 2.15 bits per heavy atom. The second-order valence-corrected chi connectivity index (χ2v) is 6.30. The van der Waals surface area contributed by atoms with Crippen LogP contribution in [0.3, 0.4) is 0 Å². The highest BCUT2D eigenvalue weighted by atomic mass is 35.5. The van der Waals surface area contributed by atoms with E-state index in [9.17, 15) is 12.8 Å². The van der Waals surface area contributed by atoms with E-state index in [0.717, 1.165) is 36.7 Å². The number of anilines is 1. The zero-order valence-corrected chi connectivity index (χ0v) is 12.2. The summed E-state index contributed by atoms with van der Waals surface area (Å²) in [6.45, 7) is 2.01. The van der Waals surface area contributed by atoms with E-state index in [1.54, 1.807) is 6.07 Å². The lowest BCUT2D eigenvalue weighted by Gasteiger charge is -2.05. The molecule has 0 fully saturated rings. The predicted octanol–water partition coefficient (Wildman–Crippen LogP) is 2.96. The highest BCUT2D eigenvalue weighted by molar-refractivity contribution is 7.92. The standard InChI is InChI=1S/C12H13ClFN3O2S/c1-2-3-8-6-12(16-15-8)17-20(18,19)9-4-5-11(14)10(13)7-9/h4-7H,2-3H2,1H3,(H2,15,16,17). The van der Waals surface area contributed by atoms with Gasteiger partial charge in [0.15, 0.2) is 5.82 Å². The Morgan fingerprint density at radius 3 is 2.80 bits per heavy atom. The lowest BCUT2D eigenvalue weighted by Crippen LogP contribution is -2.13. The lowest BCUT2D eigenvalue weighted by molar-refractivity contribution is 0.599. The maximum Gasteiger partial charge on any atom is 0.263 e. The van der Waals surface area contributed by atoms with E-state index in [-0.39, 0.29) is 15.7 Å². The summed E-state index contributed by atoms with van der Waals surface area (Å²) in [4.78, 5) is -0.121. The fraction of sp³-hybridized carbons (Fsp3) is 0.250. The zero-order chi connectivity index (χ0) is 14.8. The van der Waals surface area contributed by atoms with Crippen LogP contribution in [-0.4, -0.2) is 18.6 Å². The predicted molar refractivity (Wildman–Crippen MR) is 74.8 cm³/mol. The van der Waals surface area contributed by atoms with E-state index in [1.165, 1.54) is 0 Å². The minimum absolute atomic E-state index is 0.121. The van der Waals surface area contributed by atoms with Crippen molar-refractivity contribution in [2.24, 2.45) is 0 Å². The molecule has 2 rings (SSSR count). The third-order valence-electron chi connectivity index (χ3n) is 2.59. The molecule has 0 aliphatic rings. The van der Waals surface area contributed by atoms with Gasteiger partial charge >= 0.3 is 0 Å². The number of aromatic nitrogens is 2. The Morgan fingerprint density at radius 1 is 1.40 bits per heavy atom. The van der Waals surface area contributed by atoms with Crippen molar-refractivity contribution in [3.05, 3.63) is 40.8 Å². The Hall–Kier alpha value is -1.60. The molecule has 8 heteroatoms. The van der Waals surface area contributed by atoms with Crippen molar-refractivity contribution in [1.82, 2.24) is 10.2 Å². The van der Waals surface area contributed by atoms with Gasteiger partial charge in [-0.15, -0.1) is 0 Å². The third kappa shape index (κ3) is 3.29. The van der Waals surface area contributed by atoms with Gasteiger partial charge in [0.2, 0.25) is 0 Å². The molecule has 0 spiro atoms. The molecule has 2 aromatic rings. The number of halogens is 2. The summed E-state index contributed by atoms with van der Waals surface area (Å²) in [5, 5.41) is 6.35. The number of nitrogens with one attached hydrogen (secondary N) is 2. The zero-order valence-electron chi connectivity index (χ0n) is 10.7. The van der Waals surface area contributed by atoms with Gasteiger partial charge in [0.05, 0.1) is 9.92 Å². The molecule has 0 atom stereocenters. The minimum Gasteiger partial charge on any atom is -0.280 e. The Kier molecular flexibility index (Phi) is 4.29. The molecule has 0 aliphatic heterocycles. The van der Waals surface area contributed by atoms with Crippen LogP contribution in [0.1, 0.15) is 19.0 Å². The van der Waals surface area contributed by atoms with Gasteiger partial charge in [-0.05, 0) is 24.6 Å². The molecule has 2 N–H and O–H groups in total. The van der Waals surface area contributed by atoms with E-state index in [1.807, 2.05) is 6.92 Å². The molecule has 108 valence electrons. The summed E-state index contributed by atoms with van der Waals surface area (Å²) in [7, 11) is -3.84. The van der Waals surface area contributed by atoms with Crippen molar-refractivity contribution >= 4 is 27.4 Å². The van der Waals surface area contributed by atoms with E-state index < -0.39 is 15.8 Å². The average Bonchev–Trinajstić information content (AvgIpc) is 2.79. The number of sulfonamides is 1. The van der Waals surface area contributed by atoms with Crippen molar-refractivity contribution in [2.45, 2.75) is 24.7 Å². The van der Waals surface area contributed by atoms with Gasteiger partial charge in [-0.25, -0.2) is 12.8 Å². The molecule has 1 aromatic heterocycles. The SMILES string of the molecule is CCCc1cc(NS(=O)(=O)c2ccc(F)c(Cl)c2)n[nH]1. The molecule has 0 unspecified atom stereocenters. The summed E-state index contributed by atoms with van der Waals surface area (Å²) in [5.74, 6) is -0.482. The second-order valence-electron chi connectivity index (χ2n) is 4.21. The third-order valence-corrected chi connectivity index (χ3v) is 4.23. The topological polar surface area (TPSA) is 74.8 Å². The van der Waals surface area contributed by atoms with Crippen molar-refractivity contribution in [2.75, 3.05) is 4.72 Å². The maximum atomic E-state index is 13.0. The molecule has 0 bridgehead atoms. The number of benzene rings is 1. The van der Waals surface area contributed by atoms with Crippen molar-refractivity contribution in [3.63, 3.8) is 0 Å². The van der Waals surface area contributed by atoms with Gasteiger partial charge in [0.1, 0.15) is 5.82 Å². The molecule has 5 nitrogen and oxygen atoms in total. The van der Waals surface area contributed by atoms with E-state index >= 15 is 0 Å². The fourth-order valence-electron chi connectivity index (χ4n) is 1.65. The molecule has 1 heterocycles. The van der Waals surface area contributed by atoms with Crippen LogP contribution in [0.4, 0.5) is 10.2 Å². The van der Waals surface area contributed by atoms with Crippen LogP contribution in [0, 0.1) is 5.82 Å². The number of hydrogen-bond acceptors (Lipinski definition) is 3. The molecule has 0 radical (unpaired) electrons. The minimum atomic E-state index is -3.84. The summed E-state index contributed by atoms with van der Waals surface area (Å²) in [6, 6.07) is 4.82. The number of hydrogen-bond donors (Lipinski definition) is 2. The molecule has 1 aromatic carbocycles. The van der Waals surface area contributed by atoms with Crippen LogP contribution in [0.2, 0.25) is 5.02 Å². The van der Waals surface area contributed by atoms with Crippen molar-refractivity contribution in [1.29, 1.82) is 0 Å². The Balaban J connectivity index is 2.23. The number of nitrogens with zero attached hydrogens (tertiary/aromatic N) is 1. The Bertz CT molecular complexity index is 715. The number of rotatable bonds is 5. The van der Waals surface area contributed by atoms with E-state index in [4.69, 9.17) is 11.6 Å². The first-order valence-corrected chi connectivity index (χ1v) is 7.80. The molecule has 0 amide bonds. The van der Waals surface area contributed by atoms with Gasteiger partial charge < -0.3 is 0 Å². The first-order chi connectivity index (χ1) is 9.42. The normalized spacial score (nSPS) is 11.6. The van der Waals surface area contributed by atoms with Gasteiger partial charge in [0, 0.05) is 11.8 Å². The fourth-order valence-corrected chi connectivity index (χ4v) is 2.92. The first-order valence-electron chi connectivity index (χ1n) is 5.94. The van der Waals surface area contributed by atoms with Gasteiger partial charge in [0.25, 0.3) is 10.0 Å². The molecule has 0 saturated heterocycles. The quantitative estimate of drug-likeness (QED) is 0.890.